The lowest BCUT2D eigenvalue weighted by Gasteiger charge is -2.06. The van der Waals surface area contributed by atoms with Crippen LogP contribution in [0.25, 0.3) is 5.70 Å². The van der Waals surface area contributed by atoms with Gasteiger partial charge >= 0.3 is 0 Å². The molecule has 2 nitrogen and oxygen atoms in total. The fourth-order valence-electron chi connectivity index (χ4n) is 1.14. The highest BCUT2D eigenvalue weighted by Gasteiger charge is 2.00. The first-order valence-corrected chi connectivity index (χ1v) is 4.91. The van der Waals surface area contributed by atoms with E-state index in [1.54, 1.807) is 6.08 Å². The van der Waals surface area contributed by atoms with Crippen molar-refractivity contribution >= 4 is 24.5 Å². The van der Waals surface area contributed by atoms with Crippen molar-refractivity contribution in [2.45, 2.75) is 12.2 Å². The fourth-order valence-corrected chi connectivity index (χ4v) is 1.31. The smallest absolute Gasteiger partial charge is 0.0402 e. The SMILES string of the molecule is CC(S)c1ccc(C(N)=CC=N)cc1. The number of hydrogen-bond acceptors (Lipinski definition) is 3. The molecule has 0 bridgehead atoms. The van der Waals surface area contributed by atoms with E-state index < -0.39 is 0 Å². The Morgan fingerprint density at radius 3 is 2.43 bits per heavy atom. The summed E-state index contributed by atoms with van der Waals surface area (Å²) in [4.78, 5) is 0. The van der Waals surface area contributed by atoms with Gasteiger partial charge in [-0.2, -0.15) is 12.6 Å². The molecule has 1 aromatic carbocycles. The maximum Gasteiger partial charge on any atom is 0.0402 e. The normalized spacial score (nSPS) is 13.7. The van der Waals surface area contributed by atoms with Gasteiger partial charge in [0.2, 0.25) is 0 Å². The maximum absolute atomic E-state index is 6.90. The number of nitrogens with two attached hydrogens (primary N) is 1. The van der Waals surface area contributed by atoms with Crippen LogP contribution in [0.3, 0.4) is 0 Å². The molecule has 1 atom stereocenters. The van der Waals surface area contributed by atoms with Crippen LogP contribution in [0, 0.1) is 5.41 Å². The predicted octanol–water partition coefficient (Wildman–Crippen LogP) is 2.63. The van der Waals surface area contributed by atoms with Crippen molar-refractivity contribution in [1.29, 1.82) is 5.41 Å². The van der Waals surface area contributed by atoms with Gasteiger partial charge in [-0.1, -0.05) is 24.3 Å². The van der Waals surface area contributed by atoms with Gasteiger partial charge < -0.3 is 11.1 Å². The third-order valence-electron chi connectivity index (χ3n) is 1.99. The van der Waals surface area contributed by atoms with E-state index in [1.807, 2.05) is 31.2 Å². The summed E-state index contributed by atoms with van der Waals surface area (Å²) < 4.78 is 0. The predicted molar refractivity (Wildman–Crippen MR) is 64.8 cm³/mol. The molecule has 0 spiro atoms. The Morgan fingerprint density at radius 2 is 2.00 bits per heavy atom. The number of hydrogen-bond donors (Lipinski definition) is 3. The quantitative estimate of drug-likeness (QED) is 0.517. The second-order valence-corrected chi connectivity index (χ2v) is 3.86. The molecule has 1 aromatic rings. The third-order valence-corrected chi connectivity index (χ3v) is 2.29. The van der Waals surface area contributed by atoms with E-state index in [-0.39, 0.29) is 5.25 Å². The van der Waals surface area contributed by atoms with Crippen LogP contribution in [0.2, 0.25) is 0 Å². The summed E-state index contributed by atoms with van der Waals surface area (Å²) in [7, 11) is 0. The van der Waals surface area contributed by atoms with Gasteiger partial charge in [0.05, 0.1) is 0 Å². The lowest BCUT2D eigenvalue weighted by molar-refractivity contribution is 1.11. The first kappa shape index (κ1) is 10.9. The van der Waals surface area contributed by atoms with Crippen molar-refractivity contribution in [3.8, 4) is 0 Å². The van der Waals surface area contributed by atoms with Gasteiger partial charge in [-0.05, 0) is 24.1 Å². The largest absolute Gasteiger partial charge is 0.398 e. The number of thiol groups is 1. The van der Waals surface area contributed by atoms with Crippen LogP contribution < -0.4 is 5.73 Å². The zero-order valence-electron chi connectivity index (χ0n) is 8.07. The molecule has 0 aromatic heterocycles. The average molecular weight is 206 g/mol. The summed E-state index contributed by atoms with van der Waals surface area (Å²) in [6.45, 7) is 2.02. The van der Waals surface area contributed by atoms with Crippen LogP contribution in [0.1, 0.15) is 23.3 Å². The molecule has 3 heteroatoms. The van der Waals surface area contributed by atoms with E-state index in [0.717, 1.165) is 5.56 Å². The van der Waals surface area contributed by atoms with Crippen molar-refractivity contribution < 1.29 is 0 Å². The summed E-state index contributed by atoms with van der Waals surface area (Å²) in [6, 6.07) is 7.88. The Bertz CT molecular complexity index is 339. The van der Waals surface area contributed by atoms with Gasteiger partial charge in [0.15, 0.2) is 0 Å². The summed E-state index contributed by atoms with van der Waals surface area (Å²) >= 11 is 4.33. The van der Waals surface area contributed by atoms with Gasteiger partial charge in [-0.25, -0.2) is 0 Å². The first-order valence-electron chi connectivity index (χ1n) is 4.39. The van der Waals surface area contributed by atoms with Gasteiger partial charge in [0, 0.05) is 17.2 Å². The first-order chi connectivity index (χ1) is 6.65. The monoisotopic (exact) mass is 206 g/mol. The van der Waals surface area contributed by atoms with Crippen LogP contribution >= 0.6 is 12.6 Å². The Hall–Kier alpha value is -1.22. The van der Waals surface area contributed by atoms with Crippen LogP contribution in [0.15, 0.2) is 30.3 Å². The molecular formula is C11H14N2S. The van der Waals surface area contributed by atoms with Crippen LogP contribution in [-0.4, -0.2) is 6.21 Å². The highest BCUT2D eigenvalue weighted by atomic mass is 32.1. The zero-order valence-corrected chi connectivity index (χ0v) is 8.96. The highest BCUT2D eigenvalue weighted by molar-refractivity contribution is 7.80. The van der Waals surface area contributed by atoms with Crippen molar-refractivity contribution in [1.82, 2.24) is 0 Å². The molecule has 0 aliphatic heterocycles. The fraction of sp³-hybridized carbons (Fsp3) is 0.182. The minimum Gasteiger partial charge on any atom is -0.398 e. The van der Waals surface area contributed by atoms with Crippen molar-refractivity contribution in [2.75, 3.05) is 0 Å². The topological polar surface area (TPSA) is 49.9 Å². The molecule has 0 aliphatic rings. The van der Waals surface area contributed by atoms with E-state index in [9.17, 15) is 0 Å². The molecule has 0 radical (unpaired) electrons. The number of benzene rings is 1. The molecule has 0 saturated heterocycles. The molecule has 0 saturated carbocycles. The Labute approximate surface area is 89.7 Å². The minimum absolute atomic E-state index is 0.233. The average Bonchev–Trinajstić information content (AvgIpc) is 2.18. The lowest BCUT2D eigenvalue weighted by atomic mass is 10.1. The molecule has 1 unspecified atom stereocenters. The van der Waals surface area contributed by atoms with E-state index in [4.69, 9.17) is 11.1 Å². The molecule has 0 heterocycles. The number of nitrogens with one attached hydrogen (secondary N) is 1. The van der Waals surface area contributed by atoms with Crippen LogP contribution in [-0.2, 0) is 0 Å². The summed E-state index contributed by atoms with van der Waals surface area (Å²) in [5.41, 5.74) is 8.43. The van der Waals surface area contributed by atoms with Gasteiger partial charge in [0.1, 0.15) is 0 Å². The van der Waals surface area contributed by atoms with Crippen molar-refractivity contribution in [2.24, 2.45) is 5.73 Å². The van der Waals surface area contributed by atoms with E-state index >= 15 is 0 Å². The molecular weight excluding hydrogens is 192 g/mol. The lowest BCUT2D eigenvalue weighted by Crippen LogP contribution is -1.96. The second kappa shape index (κ2) is 4.86. The Morgan fingerprint density at radius 1 is 1.43 bits per heavy atom. The van der Waals surface area contributed by atoms with Crippen LogP contribution in [0.4, 0.5) is 0 Å². The number of rotatable bonds is 3. The second-order valence-electron chi connectivity index (χ2n) is 3.09. The van der Waals surface area contributed by atoms with Crippen LogP contribution in [0.5, 0.6) is 0 Å². The summed E-state index contributed by atoms with van der Waals surface area (Å²) in [5.74, 6) is 0. The van der Waals surface area contributed by atoms with E-state index in [0.29, 0.717) is 5.70 Å². The molecule has 0 fully saturated rings. The summed E-state index contributed by atoms with van der Waals surface area (Å²) in [5, 5.41) is 7.13. The standard InChI is InChI=1S/C11H14N2S/c1-8(14)9-2-4-10(5-3-9)11(13)6-7-12/h2-8,12,14H,13H2,1H3. The molecule has 1 rings (SSSR count). The molecule has 14 heavy (non-hydrogen) atoms. The Balaban J connectivity index is 2.93. The maximum atomic E-state index is 6.90. The highest BCUT2D eigenvalue weighted by Crippen LogP contribution is 2.20. The molecule has 0 amide bonds. The van der Waals surface area contributed by atoms with Gasteiger partial charge in [-0.3, -0.25) is 0 Å². The van der Waals surface area contributed by atoms with E-state index in [2.05, 4.69) is 12.6 Å². The number of allylic oxidation sites excluding steroid dienone is 1. The zero-order chi connectivity index (χ0) is 10.6. The third kappa shape index (κ3) is 2.64. The molecule has 74 valence electrons. The molecule has 0 aliphatic carbocycles. The van der Waals surface area contributed by atoms with Gasteiger partial charge in [-0.15, -0.1) is 0 Å². The van der Waals surface area contributed by atoms with Crippen molar-refractivity contribution in [3.63, 3.8) is 0 Å². The van der Waals surface area contributed by atoms with E-state index in [1.165, 1.54) is 11.8 Å². The van der Waals surface area contributed by atoms with Crippen molar-refractivity contribution in [3.05, 3.63) is 41.5 Å². The summed E-state index contributed by atoms with van der Waals surface area (Å²) in [6.07, 6.45) is 2.75. The molecule has 3 N–H and O–H groups in total. The Kier molecular flexibility index (Phi) is 3.77. The van der Waals surface area contributed by atoms with Gasteiger partial charge in [0.25, 0.3) is 0 Å². The minimum atomic E-state index is 0.233.